The Morgan fingerprint density at radius 3 is 2.41 bits per heavy atom. The Morgan fingerprint density at radius 1 is 1.12 bits per heavy atom. The van der Waals surface area contributed by atoms with Gasteiger partial charge in [0.2, 0.25) is 10.0 Å². The fourth-order valence-electron chi connectivity index (χ4n) is 2.89. The number of benzene rings is 2. The van der Waals surface area contributed by atoms with Gasteiger partial charge >= 0.3 is 5.97 Å². The van der Waals surface area contributed by atoms with Crippen molar-refractivity contribution in [1.29, 1.82) is 0 Å². The maximum absolute atomic E-state index is 12.6. The van der Waals surface area contributed by atoms with Crippen molar-refractivity contribution in [3.05, 3.63) is 58.1 Å². The first-order valence-corrected chi connectivity index (χ1v) is 11.1. The molecule has 0 aromatic heterocycles. The number of hydrogen-bond acceptors (Lipinski definition) is 8. The van der Waals surface area contributed by atoms with Crippen molar-refractivity contribution >= 4 is 39.0 Å². The Balaban J connectivity index is 2.09. The fraction of sp³-hybridized carbons (Fsp3) is 0.300. The van der Waals surface area contributed by atoms with Gasteiger partial charge in [-0.05, 0) is 24.3 Å². The molecule has 2 rings (SSSR count). The minimum atomic E-state index is -3.71. The molecule has 172 valence electrons. The van der Waals surface area contributed by atoms with E-state index in [0.29, 0.717) is 18.8 Å². The largest absolute Gasteiger partial charge is 0.452 e. The van der Waals surface area contributed by atoms with Crippen LogP contribution in [0.1, 0.15) is 24.2 Å². The standard InChI is InChI=1S/C20H24N4O7S/c1-4-23(5-2)32(29,30)16-8-6-7-14(11-16)22-19(25)13-31-20(26)17-12-15(24(27)28)9-10-18(17)21-3/h6-12,21H,4-5,13H2,1-3H3,(H,22,25). The van der Waals surface area contributed by atoms with Crippen molar-refractivity contribution in [2.45, 2.75) is 18.7 Å². The van der Waals surface area contributed by atoms with Crippen molar-refractivity contribution in [3.8, 4) is 0 Å². The summed E-state index contributed by atoms with van der Waals surface area (Å²) in [5.41, 5.74) is 0.120. The molecular weight excluding hydrogens is 440 g/mol. The number of carbonyl (C=O) groups is 2. The molecule has 2 aromatic carbocycles. The van der Waals surface area contributed by atoms with Gasteiger partial charge in [-0.25, -0.2) is 13.2 Å². The van der Waals surface area contributed by atoms with E-state index in [2.05, 4.69) is 10.6 Å². The first kappa shape index (κ1) is 24.8. The number of nitro benzene ring substituents is 1. The van der Waals surface area contributed by atoms with Crippen LogP contribution in [0, 0.1) is 10.1 Å². The van der Waals surface area contributed by atoms with Gasteiger partial charge in [0.05, 0.1) is 15.4 Å². The predicted molar refractivity (Wildman–Crippen MR) is 118 cm³/mol. The third-order valence-corrected chi connectivity index (χ3v) is 6.54. The Labute approximate surface area is 185 Å². The number of amides is 1. The Bertz CT molecular complexity index is 1110. The predicted octanol–water partition coefficient (Wildman–Crippen LogP) is 2.46. The van der Waals surface area contributed by atoms with E-state index in [9.17, 15) is 28.1 Å². The molecule has 1 amide bonds. The van der Waals surface area contributed by atoms with E-state index in [1.165, 1.54) is 47.8 Å². The van der Waals surface area contributed by atoms with Crippen molar-refractivity contribution in [2.75, 3.05) is 37.4 Å². The molecule has 0 saturated heterocycles. The van der Waals surface area contributed by atoms with E-state index >= 15 is 0 Å². The Hall–Kier alpha value is -3.51. The summed E-state index contributed by atoms with van der Waals surface area (Å²) >= 11 is 0. The number of nitrogens with zero attached hydrogens (tertiary/aromatic N) is 2. The first-order chi connectivity index (χ1) is 15.1. The number of nitrogens with one attached hydrogen (secondary N) is 2. The van der Waals surface area contributed by atoms with Crippen LogP contribution in [0.15, 0.2) is 47.4 Å². The van der Waals surface area contributed by atoms with Gasteiger partial charge in [-0.2, -0.15) is 4.31 Å². The summed E-state index contributed by atoms with van der Waals surface area (Å²) < 4.78 is 31.5. The van der Waals surface area contributed by atoms with Gasteiger partial charge < -0.3 is 15.4 Å². The third-order valence-electron chi connectivity index (χ3n) is 4.50. The van der Waals surface area contributed by atoms with Crippen LogP contribution in [-0.4, -0.2) is 56.3 Å². The zero-order chi connectivity index (χ0) is 23.9. The van der Waals surface area contributed by atoms with Crippen LogP contribution in [0.25, 0.3) is 0 Å². The minimum Gasteiger partial charge on any atom is -0.452 e. The van der Waals surface area contributed by atoms with Crippen LogP contribution in [0.4, 0.5) is 17.1 Å². The van der Waals surface area contributed by atoms with Crippen LogP contribution in [0.2, 0.25) is 0 Å². The van der Waals surface area contributed by atoms with Crippen LogP contribution in [0.3, 0.4) is 0 Å². The van der Waals surface area contributed by atoms with E-state index < -0.39 is 33.4 Å². The zero-order valence-corrected chi connectivity index (χ0v) is 18.6. The number of hydrogen-bond donors (Lipinski definition) is 2. The lowest BCUT2D eigenvalue weighted by molar-refractivity contribution is -0.384. The maximum atomic E-state index is 12.6. The molecule has 0 radical (unpaired) electrons. The van der Waals surface area contributed by atoms with Gasteiger partial charge in [0.15, 0.2) is 6.61 Å². The van der Waals surface area contributed by atoms with Gasteiger partial charge in [0.25, 0.3) is 11.6 Å². The maximum Gasteiger partial charge on any atom is 0.341 e. The van der Waals surface area contributed by atoms with E-state index in [-0.39, 0.29) is 21.8 Å². The lowest BCUT2D eigenvalue weighted by Gasteiger charge is -2.18. The van der Waals surface area contributed by atoms with Gasteiger partial charge in [-0.15, -0.1) is 0 Å². The number of rotatable bonds is 10. The molecular formula is C20H24N4O7S. The number of sulfonamides is 1. The third kappa shape index (κ3) is 5.80. The molecule has 2 N–H and O–H groups in total. The highest BCUT2D eigenvalue weighted by molar-refractivity contribution is 7.89. The molecule has 0 aliphatic rings. The van der Waals surface area contributed by atoms with Crippen molar-refractivity contribution < 1.29 is 27.7 Å². The second kappa shape index (κ2) is 10.7. The Kier molecular flexibility index (Phi) is 8.27. The molecule has 0 fully saturated rings. The van der Waals surface area contributed by atoms with Gasteiger partial charge in [-0.3, -0.25) is 14.9 Å². The van der Waals surface area contributed by atoms with Crippen LogP contribution in [-0.2, 0) is 19.6 Å². The minimum absolute atomic E-state index is 0.0197. The monoisotopic (exact) mass is 464 g/mol. The van der Waals surface area contributed by atoms with Gasteiger partial charge in [0, 0.05) is 43.6 Å². The number of ether oxygens (including phenoxy) is 1. The summed E-state index contributed by atoms with van der Waals surface area (Å²) in [6.45, 7) is 3.39. The highest BCUT2D eigenvalue weighted by Crippen LogP contribution is 2.23. The number of carbonyl (C=O) groups excluding carboxylic acids is 2. The molecule has 32 heavy (non-hydrogen) atoms. The zero-order valence-electron chi connectivity index (χ0n) is 17.8. The average Bonchev–Trinajstić information content (AvgIpc) is 2.77. The summed E-state index contributed by atoms with van der Waals surface area (Å²) in [5, 5.41) is 16.1. The molecule has 0 atom stereocenters. The SMILES string of the molecule is CCN(CC)S(=O)(=O)c1cccc(NC(=O)COC(=O)c2cc([N+](=O)[O-])ccc2NC)c1. The molecule has 0 aliphatic heterocycles. The molecule has 2 aromatic rings. The lowest BCUT2D eigenvalue weighted by Crippen LogP contribution is -2.30. The fourth-order valence-corrected chi connectivity index (χ4v) is 4.39. The molecule has 11 nitrogen and oxygen atoms in total. The highest BCUT2D eigenvalue weighted by atomic mass is 32.2. The Morgan fingerprint density at radius 2 is 1.81 bits per heavy atom. The van der Waals surface area contributed by atoms with Crippen molar-refractivity contribution in [3.63, 3.8) is 0 Å². The number of anilines is 2. The van der Waals surface area contributed by atoms with Gasteiger partial charge in [-0.1, -0.05) is 19.9 Å². The van der Waals surface area contributed by atoms with E-state index in [1.54, 1.807) is 13.8 Å². The van der Waals surface area contributed by atoms with Crippen LogP contribution >= 0.6 is 0 Å². The molecule has 0 heterocycles. The van der Waals surface area contributed by atoms with Crippen molar-refractivity contribution in [1.82, 2.24) is 4.31 Å². The summed E-state index contributed by atoms with van der Waals surface area (Å²) in [7, 11) is -2.17. The number of non-ortho nitro benzene ring substituents is 1. The summed E-state index contributed by atoms with van der Waals surface area (Å²) in [6, 6.07) is 9.36. The number of nitro groups is 1. The lowest BCUT2D eigenvalue weighted by atomic mass is 10.1. The highest BCUT2D eigenvalue weighted by Gasteiger charge is 2.22. The molecule has 0 unspecified atom stereocenters. The molecule has 0 spiro atoms. The van der Waals surface area contributed by atoms with Crippen LogP contribution < -0.4 is 10.6 Å². The van der Waals surface area contributed by atoms with E-state index in [4.69, 9.17) is 4.74 Å². The van der Waals surface area contributed by atoms with Crippen LogP contribution in [0.5, 0.6) is 0 Å². The first-order valence-electron chi connectivity index (χ1n) is 9.67. The second-order valence-electron chi connectivity index (χ2n) is 6.48. The second-order valence-corrected chi connectivity index (χ2v) is 8.42. The molecule has 0 aliphatic carbocycles. The summed E-state index contributed by atoms with van der Waals surface area (Å²) in [6.07, 6.45) is 0. The topological polar surface area (TPSA) is 148 Å². The summed E-state index contributed by atoms with van der Waals surface area (Å²) in [4.78, 5) is 34.9. The van der Waals surface area contributed by atoms with E-state index in [0.717, 1.165) is 6.07 Å². The van der Waals surface area contributed by atoms with Gasteiger partial charge in [0.1, 0.15) is 0 Å². The summed E-state index contributed by atoms with van der Waals surface area (Å²) in [5.74, 6) is -1.63. The van der Waals surface area contributed by atoms with E-state index in [1.807, 2.05) is 0 Å². The smallest absolute Gasteiger partial charge is 0.341 e. The van der Waals surface area contributed by atoms with Crippen molar-refractivity contribution in [2.24, 2.45) is 0 Å². The molecule has 0 saturated carbocycles. The average molecular weight is 465 g/mol. The normalized spacial score (nSPS) is 11.1. The number of esters is 1. The quantitative estimate of drug-likeness (QED) is 0.309. The molecule has 12 heteroatoms. The molecule has 0 bridgehead atoms.